The summed E-state index contributed by atoms with van der Waals surface area (Å²) >= 11 is 0. The van der Waals surface area contributed by atoms with Crippen molar-refractivity contribution < 1.29 is 4.21 Å². The maximum atomic E-state index is 12.9. The molecular formula is C27H29N5OS. The second kappa shape index (κ2) is 8.80. The number of aryl methyl sites for hydroxylation is 2. The Hall–Kier alpha value is -3.32. The Bertz CT molecular complexity index is 1360. The lowest BCUT2D eigenvalue weighted by atomic mass is 9.81. The summed E-state index contributed by atoms with van der Waals surface area (Å²) < 4.78 is 17.7. The third kappa shape index (κ3) is 4.28. The van der Waals surface area contributed by atoms with Crippen LogP contribution < -0.4 is 4.72 Å². The smallest absolute Gasteiger partial charge is 0.234 e. The Balaban J connectivity index is 1.50. The van der Waals surface area contributed by atoms with Crippen molar-refractivity contribution in [3.05, 3.63) is 89.4 Å². The molecule has 0 saturated heterocycles. The van der Waals surface area contributed by atoms with E-state index in [1.165, 1.54) is 27.8 Å². The van der Waals surface area contributed by atoms with Gasteiger partial charge >= 0.3 is 0 Å². The number of benzene rings is 2. The first-order valence-corrected chi connectivity index (χ1v) is 12.7. The molecule has 5 rings (SSSR count). The summed E-state index contributed by atoms with van der Waals surface area (Å²) in [6.07, 6.45) is 7.10. The highest BCUT2D eigenvalue weighted by molar-refractivity contribution is 7.86. The zero-order valence-electron chi connectivity index (χ0n) is 19.9. The molecule has 0 radical (unpaired) electrons. The van der Waals surface area contributed by atoms with Crippen molar-refractivity contribution in [1.29, 1.82) is 0 Å². The lowest BCUT2D eigenvalue weighted by Gasteiger charge is -2.24. The first-order chi connectivity index (χ1) is 16.3. The van der Waals surface area contributed by atoms with Crippen molar-refractivity contribution in [1.82, 2.24) is 19.7 Å². The molecule has 0 saturated carbocycles. The molecule has 34 heavy (non-hydrogen) atoms. The first-order valence-electron chi connectivity index (χ1n) is 11.5. The average Bonchev–Trinajstić information content (AvgIpc) is 3.44. The summed E-state index contributed by atoms with van der Waals surface area (Å²) in [7, 11) is 0.583. The van der Waals surface area contributed by atoms with Crippen LogP contribution in [0.15, 0.2) is 72.0 Å². The Morgan fingerprint density at radius 3 is 2.47 bits per heavy atom. The molecular weight excluding hydrogens is 442 g/mol. The molecule has 0 fully saturated rings. The van der Waals surface area contributed by atoms with Gasteiger partial charge in [-0.05, 0) is 70.8 Å². The zero-order chi connectivity index (χ0) is 23.9. The molecule has 0 spiro atoms. The second-order valence-electron chi connectivity index (χ2n) is 9.79. The summed E-state index contributed by atoms with van der Waals surface area (Å²) in [6, 6.07) is 16.9. The van der Waals surface area contributed by atoms with Crippen LogP contribution in [0.3, 0.4) is 0 Å². The minimum atomic E-state index is -1.41. The fourth-order valence-electron chi connectivity index (χ4n) is 4.71. The average molecular weight is 472 g/mol. The van der Waals surface area contributed by atoms with Crippen molar-refractivity contribution in [2.75, 3.05) is 4.72 Å². The van der Waals surface area contributed by atoms with Gasteiger partial charge in [-0.25, -0.2) is 14.2 Å². The minimum Gasteiger partial charge on any atom is -0.269 e. The largest absolute Gasteiger partial charge is 0.269 e. The third-order valence-electron chi connectivity index (χ3n) is 6.55. The fourth-order valence-corrected chi connectivity index (χ4v) is 5.54. The maximum absolute atomic E-state index is 12.9. The SMILES string of the molecule is Cn1nccc1-c1cc(C(C)(C)C)ccc1C1CCc2cc(S(=O)Nc3ncccn3)ccc21. The Kier molecular flexibility index (Phi) is 5.81. The summed E-state index contributed by atoms with van der Waals surface area (Å²) in [5.41, 5.74) is 7.62. The number of fused-ring (bicyclic) bond motifs is 1. The van der Waals surface area contributed by atoms with Crippen molar-refractivity contribution in [3.63, 3.8) is 0 Å². The number of aromatic nitrogens is 4. The van der Waals surface area contributed by atoms with E-state index in [9.17, 15) is 4.21 Å². The highest BCUT2D eigenvalue weighted by atomic mass is 32.2. The van der Waals surface area contributed by atoms with Gasteiger partial charge in [0, 0.05) is 37.1 Å². The van der Waals surface area contributed by atoms with Crippen LogP contribution in [0.2, 0.25) is 0 Å². The molecule has 4 aromatic rings. The molecule has 2 unspecified atom stereocenters. The number of hydrogen-bond donors (Lipinski definition) is 1. The molecule has 1 aliphatic carbocycles. The molecule has 1 N–H and O–H groups in total. The predicted octanol–water partition coefficient (Wildman–Crippen LogP) is 5.39. The molecule has 1 aliphatic rings. The van der Waals surface area contributed by atoms with E-state index in [0.717, 1.165) is 23.4 Å². The zero-order valence-corrected chi connectivity index (χ0v) is 20.8. The molecule has 2 heterocycles. The number of rotatable bonds is 5. The van der Waals surface area contributed by atoms with Gasteiger partial charge in [-0.15, -0.1) is 0 Å². The van der Waals surface area contributed by atoms with Crippen LogP contribution >= 0.6 is 0 Å². The van der Waals surface area contributed by atoms with Crippen LogP contribution in [0.1, 0.15) is 55.4 Å². The molecule has 2 atom stereocenters. The number of hydrogen-bond acceptors (Lipinski definition) is 4. The summed E-state index contributed by atoms with van der Waals surface area (Å²) in [6.45, 7) is 6.74. The van der Waals surface area contributed by atoms with E-state index in [0.29, 0.717) is 11.9 Å². The highest BCUT2D eigenvalue weighted by Crippen LogP contribution is 2.43. The van der Waals surface area contributed by atoms with Gasteiger partial charge in [0.1, 0.15) is 0 Å². The molecule has 7 heteroatoms. The van der Waals surface area contributed by atoms with Gasteiger partial charge in [-0.3, -0.25) is 9.40 Å². The Morgan fingerprint density at radius 2 is 1.76 bits per heavy atom. The first kappa shape index (κ1) is 22.5. The lowest BCUT2D eigenvalue weighted by molar-refractivity contribution is 0.589. The van der Waals surface area contributed by atoms with E-state index < -0.39 is 11.0 Å². The Labute approximate surface area is 203 Å². The quantitative estimate of drug-likeness (QED) is 0.424. The van der Waals surface area contributed by atoms with Crippen LogP contribution in [-0.2, 0) is 29.9 Å². The molecule has 174 valence electrons. The highest BCUT2D eigenvalue weighted by Gasteiger charge is 2.28. The van der Waals surface area contributed by atoms with Gasteiger partial charge in [0.05, 0.1) is 10.6 Å². The van der Waals surface area contributed by atoms with Gasteiger partial charge in [0.2, 0.25) is 5.95 Å². The summed E-state index contributed by atoms with van der Waals surface area (Å²) in [4.78, 5) is 8.96. The van der Waals surface area contributed by atoms with Crippen LogP contribution in [-0.4, -0.2) is 24.0 Å². The summed E-state index contributed by atoms with van der Waals surface area (Å²) in [5, 5.41) is 4.43. The van der Waals surface area contributed by atoms with Crippen molar-refractivity contribution in [2.45, 2.75) is 49.8 Å². The maximum Gasteiger partial charge on any atom is 0.234 e. The van der Waals surface area contributed by atoms with Crippen LogP contribution in [0.4, 0.5) is 5.95 Å². The lowest BCUT2D eigenvalue weighted by Crippen LogP contribution is -2.12. The second-order valence-corrected chi connectivity index (χ2v) is 11.0. The van der Waals surface area contributed by atoms with Crippen molar-refractivity contribution >= 4 is 16.9 Å². The van der Waals surface area contributed by atoms with E-state index >= 15 is 0 Å². The molecule has 0 amide bonds. The van der Waals surface area contributed by atoms with Crippen LogP contribution in [0.5, 0.6) is 0 Å². The molecule has 6 nitrogen and oxygen atoms in total. The van der Waals surface area contributed by atoms with Crippen LogP contribution in [0.25, 0.3) is 11.3 Å². The van der Waals surface area contributed by atoms with E-state index in [1.54, 1.807) is 18.5 Å². The van der Waals surface area contributed by atoms with E-state index in [-0.39, 0.29) is 5.41 Å². The van der Waals surface area contributed by atoms with Gasteiger partial charge in [0.25, 0.3) is 0 Å². The van der Waals surface area contributed by atoms with Crippen molar-refractivity contribution in [2.24, 2.45) is 7.05 Å². The van der Waals surface area contributed by atoms with Gasteiger partial charge in [0.15, 0.2) is 11.0 Å². The topological polar surface area (TPSA) is 72.7 Å². The van der Waals surface area contributed by atoms with E-state index in [2.05, 4.69) is 77.0 Å². The third-order valence-corrected chi connectivity index (χ3v) is 7.60. The van der Waals surface area contributed by atoms with Crippen molar-refractivity contribution in [3.8, 4) is 11.3 Å². The number of nitrogens with zero attached hydrogens (tertiary/aromatic N) is 4. The number of nitrogens with one attached hydrogen (secondary N) is 1. The number of anilines is 1. The fraction of sp³-hybridized carbons (Fsp3) is 0.296. The molecule has 0 bridgehead atoms. The van der Waals surface area contributed by atoms with Crippen LogP contribution in [0, 0.1) is 0 Å². The predicted molar refractivity (Wildman–Crippen MR) is 136 cm³/mol. The van der Waals surface area contributed by atoms with E-state index in [4.69, 9.17) is 0 Å². The van der Waals surface area contributed by atoms with Gasteiger partial charge in [-0.2, -0.15) is 5.10 Å². The monoisotopic (exact) mass is 471 g/mol. The van der Waals surface area contributed by atoms with Gasteiger partial charge < -0.3 is 0 Å². The van der Waals surface area contributed by atoms with Gasteiger partial charge in [-0.1, -0.05) is 39.0 Å². The molecule has 0 aliphatic heterocycles. The summed E-state index contributed by atoms with van der Waals surface area (Å²) in [5.74, 6) is 0.654. The van der Waals surface area contributed by atoms with E-state index in [1.807, 2.05) is 24.0 Å². The minimum absolute atomic E-state index is 0.0634. The Morgan fingerprint density at radius 1 is 1.00 bits per heavy atom. The standard InChI is InChI=1S/C27H29N5OS/c1-27(2,3)19-7-10-23(24(17-19)25-12-15-30-32(25)4)22-9-6-18-16-20(8-11-21(18)22)34(33)31-26-28-13-5-14-29-26/h5,7-8,10-17,22H,6,9H2,1-4H3,(H,28,29,31). The normalized spacial score (nSPS) is 16.3. The molecule has 2 aromatic heterocycles. The molecule has 2 aromatic carbocycles.